The summed E-state index contributed by atoms with van der Waals surface area (Å²) in [6.45, 7) is 22.1. The fourth-order valence-corrected chi connectivity index (χ4v) is 16.1. The molecule has 2 fully saturated rings. The maximum absolute atomic E-state index is 2.96. The van der Waals surface area contributed by atoms with Crippen LogP contribution in [0, 0.1) is 0 Å². The van der Waals surface area contributed by atoms with Crippen LogP contribution >= 0.6 is 0 Å². The van der Waals surface area contributed by atoms with Gasteiger partial charge < -0.3 is 14.7 Å². The van der Waals surface area contributed by atoms with Crippen molar-refractivity contribution in [2.24, 2.45) is 0 Å². The molecule has 4 heterocycles. The molecule has 2 saturated carbocycles. The molecule has 14 rings (SSSR count). The summed E-state index contributed by atoms with van der Waals surface area (Å²) >= 11 is 0. The monoisotopic (exact) mass is 978 g/mol. The van der Waals surface area contributed by atoms with Gasteiger partial charge in [0.05, 0.1) is 16.8 Å². The minimum Gasteiger partial charge on any atom is -0.335 e. The highest BCUT2D eigenvalue weighted by molar-refractivity contribution is 7.00. The molecule has 0 saturated heterocycles. The normalized spacial score (nSPS) is 24.0. The lowest BCUT2D eigenvalue weighted by atomic mass is 9.33. The van der Waals surface area contributed by atoms with Gasteiger partial charge in [-0.05, 0) is 154 Å². The van der Waals surface area contributed by atoms with Crippen molar-refractivity contribution in [1.29, 1.82) is 0 Å². The van der Waals surface area contributed by atoms with E-state index in [0.29, 0.717) is 0 Å². The predicted octanol–water partition coefficient (Wildman–Crippen LogP) is 16.7. The van der Waals surface area contributed by atoms with Crippen LogP contribution in [0.25, 0.3) is 22.3 Å². The number of nitrogens with zero attached hydrogens (tertiary/aromatic N) is 3. The van der Waals surface area contributed by atoms with Crippen molar-refractivity contribution in [3.63, 3.8) is 0 Å². The Morgan fingerprint density at radius 3 is 1.72 bits per heavy atom. The zero-order chi connectivity index (χ0) is 51.4. The second-order valence-electron chi connectivity index (χ2n) is 26.1. The largest absolute Gasteiger partial charge is 0.335 e. The number of anilines is 7. The quantitative estimate of drug-likeness (QED) is 0.159. The molecule has 0 bridgehead atoms. The third-order valence-corrected chi connectivity index (χ3v) is 20.2. The summed E-state index contributed by atoms with van der Waals surface area (Å²) in [5.41, 5.74) is 25.2. The minimum atomic E-state index is -0.226. The summed E-state index contributed by atoms with van der Waals surface area (Å²) in [4.78, 5) is 8.55. The standard InChI is InChI=1S/C71H72BN3/c1-66(2,3)51-33-35-59(54(43-51)48-27-15-11-16-28-48)73-61-36-34-52(67(4,5)6)44-57(61)72-58-42-49(47-25-13-10-14-26-47)41-56-65(58)75(69(8)38-22-21-37-68(56,69)7)63-46-53(45-62(73)64(63)72)74-60-32-20-19-31-55(60)71(50-29-17-12-18-30-50)40-24-23-39-70(71,74)9/h10-20,25-36,41-46H,21-24,37-40H2,1-9H3. The Morgan fingerprint density at radius 2 is 1.01 bits per heavy atom. The van der Waals surface area contributed by atoms with Crippen LogP contribution < -0.4 is 31.1 Å². The molecule has 0 aromatic heterocycles. The Hall–Kier alpha value is -6.78. The molecule has 75 heavy (non-hydrogen) atoms. The summed E-state index contributed by atoms with van der Waals surface area (Å²) in [6, 6.07) is 69.2. The van der Waals surface area contributed by atoms with Gasteiger partial charge in [0.25, 0.3) is 6.71 Å². The number of hydrogen-bond donors (Lipinski definition) is 0. The van der Waals surface area contributed by atoms with Crippen molar-refractivity contribution in [3.8, 4) is 22.3 Å². The number of benzene rings is 8. The molecular formula is C71H72BN3. The van der Waals surface area contributed by atoms with Gasteiger partial charge in [0, 0.05) is 50.5 Å². The van der Waals surface area contributed by atoms with Crippen LogP contribution in [0.15, 0.2) is 176 Å². The smallest absolute Gasteiger partial charge is 0.252 e. The number of rotatable bonds is 5. The third kappa shape index (κ3) is 6.35. The molecule has 3 nitrogen and oxygen atoms in total. The van der Waals surface area contributed by atoms with Crippen molar-refractivity contribution < 1.29 is 0 Å². The third-order valence-electron chi connectivity index (χ3n) is 20.2. The Bertz CT molecular complexity index is 3610. The summed E-state index contributed by atoms with van der Waals surface area (Å²) < 4.78 is 0. The molecular weight excluding hydrogens is 906 g/mol. The highest BCUT2D eigenvalue weighted by Crippen LogP contribution is 2.66. The molecule has 4 heteroatoms. The van der Waals surface area contributed by atoms with Crippen LogP contribution in [-0.4, -0.2) is 17.8 Å². The first-order valence-electron chi connectivity index (χ1n) is 28.4. The van der Waals surface area contributed by atoms with Gasteiger partial charge >= 0.3 is 0 Å². The molecule has 2 aliphatic carbocycles. The molecule has 8 aromatic rings. The SMILES string of the molecule is CC(C)(C)c1ccc2c(c1)B1c3cc(-c4ccccc4)cc4c3N(c3cc(N5c6ccccc6C6(c7ccccc7)CCCCC56C)cc(c31)N2c1ccc(C(C)(C)C)cc1-c1ccccc1)C1(C)CCCCC41C. The first-order chi connectivity index (χ1) is 36.1. The molecule has 6 aliphatic rings. The van der Waals surface area contributed by atoms with Crippen molar-refractivity contribution in [2.45, 2.75) is 146 Å². The molecule has 4 unspecified atom stereocenters. The molecule has 4 atom stereocenters. The maximum atomic E-state index is 2.96. The van der Waals surface area contributed by atoms with E-state index in [0.717, 1.165) is 19.3 Å². The van der Waals surface area contributed by atoms with Gasteiger partial charge in [0.15, 0.2) is 0 Å². The van der Waals surface area contributed by atoms with Gasteiger partial charge in [-0.25, -0.2) is 0 Å². The molecule has 0 N–H and O–H groups in total. The van der Waals surface area contributed by atoms with Crippen LogP contribution in [0.5, 0.6) is 0 Å². The molecule has 4 aliphatic heterocycles. The van der Waals surface area contributed by atoms with E-state index in [2.05, 4.69) is 253 Å². The van der Waals surface area contributed by atoms with E-state index in [1.807, 2.05) is 0 Å². The van der Waals surface area contributed by atoms with Crippen LogP contribution in [-0.2, 0) is 21.7 Å². The van der Waals surface area contributed by atoms with Crippen LogP contribution in [0.2, 0.25) is 0 Å². The lowest BCUT2D eigenvalue weighted by Crippen LogP contribution is -2.64. The Labute approximate surface area is 447 Å². The summed E-state index contributed by atoms with van der Waals surface area (Å²) in [5, 5.41) is 0. The van der Waals surface area contributed by atoms with Gasteiger partial charge in [-0.1, -0.05) is 208 Å². The fraction of sp³-hybridized carbons (Fsp3) is 0.324. The topological polar surface area (TPSA) is 9.72 Å². The highest BCUT2D eigenvalue weighted by atomic mass is 15.3. The van der Waals surface area contributed by atoms with Crippen LogP contribution in [0.1, 0.15) is 141 Å². The van der Waals surface area contributed by atoms with Crippen LogP contribution in [0.4, 0.5) is 39.8 Å². The Morgan fingerprint density at radius 1 is 0.427 bits per heavy atom. The van der Waals surface area contributed by atoms with E-state index in [-0.39, 0.29) is 39.5 Å². The van der Waals surface area contributed by atoms with Gasteiger partial charge in [0.1, 0.15) is 0 Å². The van der Waals surface area contributed by atoms with Crippen LogP contribution in [0.3, 0.4) is 0 Å². The van der Waals surface area contributed by atoms with E-state index >= 15 is 0 Å². The minimum absolute atomic E-state index is 0.00665. The average molecular weight is 978 g/mol. The lowest BCUT2D eigenvalue weighted by Gasteiger charge is -2.54. The average Bonchev–Trinajstić information content (AvgIpc) is 3.92. The lowest BCUT2D eigenvalue weighted by molar-refractivity contribution is 0.195. The van der Waals surface area contributed by atoms with Crippen molar-refractivity contribution in [3.05, 3.63) is 204 Å². The zero-order valence-electron chi connectivity index (χ0n) is 45.8. The first kappa shape index (κ1) is 46.7. The van der Waals surface area contributed by atoms with Gasteiger partial charge in [-0.2, -0.15) is 0 Å². The first-order valence-corrected chi connectivity index (χ1v) is 28.4. The molecule has 0 spiro atoms. The van der Waals surface area contributed by atoms with E-state index in [9.17, 15) is 0 Å². The zero-order valence-corrected chi connectivity index (χ0v) is 45.8. The van der Waals surface area contributed by atoms with Crippen molar-refractivity contribution in [1.82, 2.24) is 0 Å². The number of hydrogen-bond acceptors (Lipinski definition) is 3. The second kappa shape index (κ2) is 16.1. The van der Waals surface area contributed by atoms with E-state index in [1.165, 1.54) is 138 Å². The van der Waals surface area contributed by atoms with Gasteiger partial charge in [-0.15, -0.1) is 0 Å². The van der Waals surface area contributed by atoms with Gasteiger partial charge in [-0.3, -0.25) is 0 Å². The Balaban J connectivity index is 1.14. The highest BCUT2D eigenvalue weighted by Gasteiger charge is 2.64. The molecule has 8 aromatic carbocycles. The predicted molar refractivity (Wildman–Crippen MR) is 320 cm³/mol. The summed E-state index contributed by atoms with van der Waals surface area (Å²) in [7, 11) is 0. The Kier molecular flexibility index (Phi) is 10.0. The van der Waals surface area contributed by atoms with E-state index in [4.69, 9.17) is 0 Å². The van der Waals surface area contributed by atoms with Crippen molar-refractivity contribution in [2.75, 3.05) is 14.7 Å². The number of para-hydroxylation sites is 1. The fourth-order valence-electron chi connectivity index (χ4n) is 16.1. The molecule has 0 radical (unpaired) electrons. The molecule has 0 amide bonds. The summed E-state index contributed by atoms with van der Waals surface area (Å²) in [5.74, 6) is 0. The number of fused-ring (bicyclic) bond motifs is 10. The maximum Gasteiger partial charge on any atom is 0.252 e. The molecule has 374 valence electrons. The van der Waals surface area contributed by atoms with E-state index < -0.39 is 0 Å². The second-order valence-corrected chi connectivity index (χ2v) is 26.1. The summed E-state index contributed by atoms with van der Waals surface area (Å²) in [6.07, 6.45) is 9.44. The van der Waals surface area contributed by atoms with Gasteiger partial charge in [0.2, 0.25) is 0 Å². The van der Waals surface area contributed by atoms with Crippen molar-refractivity contribution >= 4 is 62.9 Å². The van der Waals surface area contributed by atoms with E-state index in [1.54, 1.807) is 0 Å².